The number of nitrogens with zero attached hydrogens (tertiary/aromatic N) is 2. The highest BCUT2D eigenvalue weighted by molar-refractivity contribution is 7.71. The Morgan fingerprint density at radius 1 is 1.03 bits per heavy atom. The van der Waals surface area contributed by atoms with E-state index in [9.17, 15) is 4.79 Å². The number of aromatic amines is 1. The van der Waals surface area contributed by atoms with Crippen molar-refractivity contribution >= 4 is 35.3 Å². The molecule has 0 unspecified atom stereocenters. The molecule has 0 aliphatic rings. The van der Waals surface area contributed by atoms with E-state index >= 15 is 0 Å². The molecule has 1 amide bonds. The number of hydrogen-bond donors (Lipinski definition) is 3. The first-order valence-corrected chi connectivity index (χ1v) is 12.4. The molecule has 1 aromatic carbocycles. The monoisotopic (exact) mass is 457 g/mol. The van der Waals surface area contributed by atoms with Crippen molar-refractivity contribution in [2.45, 2.75) is 72.1 Å². The lowest BCUT2D eigenvalue weighted by molar-refractivity contribution is -0.116. The first-order chi connectivity index (χ1) is 15.5. The van der Waals surface area contributed by atoms with Crippen molar-refractivity contribution in [1.29, 1.82) is 0 Å². The summed E-state index contributed by atoms with van der Waals surface area (Å²) in [5.41, 5.74) is 1.79. The maximum atomic E-state index is 12.7. The Labute approximate surface area is 198 Å². The Bertz CT molecular complexity index is 868. The summed E-state index contributed by atoms with van der Waals surface area (Å²) in [4.78, 5) is 22.6. The Morgan fingerprint density at radius 2 is 1.75 bits per heavy atom. The summed E-state index contributed by atoms with van der Waals surface area (Å²) in [5, 5.41) is 6.33. The molecule has 7 heteroatoms. The quantitative estimate of drug-likeness (QED) is 0.211. The summed E-state index contributed by atoms with van der Waals surface area (Å²) in [7, 11) is 0. The standard InChI is InChI=1S/C25H39N5OS/c1-4-6-8-12-18-30(21-14-10-9-11-15-21)19-13-16-22(31)29-23-24(26-17-7-5-2)27-20(3)28-25(23)32/h9-11,14-15H,4-8,12-13,16-19H2,1-3H3,(H,29,31)(H2,26,27,28,32). The van der Waals surface area contributed by atoms with Gasteiger partial charge in [0.15, 0.2) is 4.64 Å². The largest absolute Gasteiger partial charge is 0.372 e. The van der Waals surface area contributed by atoms with Crippen LogP contribution in [0.2, 0.25) is 0 Å². The number of nitrogens with one attached hydrogen (secondary N) is 3. The van der Waals surface area contributed by atoms with Crippen LogP contribution < -0.4 is 15.5 Å². The van der Waals surface area contributed by atoms with Gasteiger partial charge in [-0.05, 0) is 38.3 Å². The Morgan fingerprint density at radius 3 is 2.47 bits per heavy atom. The Balaban J connectivity index is 1.94. The minimum atomic E-state index is -0.0345. The summed E-state index contributed by atoms with van der Waals surface area (Å²) in [5.74, 6) is 1.44. The number of carbonyl (C=O) groups is 1. The number of hydrogen-bond acceptors (Lipinski definition) is 5. The molecule has 2 rings (SSSR count). The number of benzene rings is 1. The molecule has 0 fully saturated rings. The molecule has 0 spiro atoms. The molecule has 1 heterocycles. The summed E-state index contributed by atoms with van der Waals surface area (Å²) >= 11 is 5.42. The first-order valence-electron chi connectivity index (χ1n) is 12.0. The molecule has 1 aromatic heterocycles. The SMILES string of the molecule is CCCCCCN(CCCC(=O)Nc1c(NCCCC)[nH]c(C)nc1=S)c1ccccc1. The van der Waals surface area contributed by atoms with E-state index in [0.29, 0.717) is 16.7 Å². The number of H-pyrrole nitrogens is 1. The molecule has 3 N–H and O–H groups in total. The molecular formula is C25H39N5OS. The van der Waals surface area contributed by atoms with Crippen LogP contribution in [0.25, 0.3) is 0 Å². The fourth-order valence-corrected chi connectivity index (χ4v) is 3.89. The summed E-state index contributed by atoms with van der Waals surface area (Å²) in [6.07, 6.45) is 8.27. The summed E-state index contributed by atoms with van der Waals surface area (Å²) in [6.45, 7) is 8.93. The van der Waals surface area contributed by atoms with Crippen molar-refractivity contribution in [1.82, 2.24) is 9.97 Å². The zero-order chi connectivity index (χ0) is 23.2. The lowest BCUT2D eigenvalue weighted by Gasteiger charge is -2.25. The number of para-hydroxylation sites is 1. The highest BCUT2D eigenvalue weighted by Crippen LogP contribution is 2.21. The molecule has 6 nitrogen and oxygen atoms in total. The smallest absolute Gasteiger partial charge is 0.224 e. The molecule has 0 aliphatic carbocycles. The fraction of sp³-hybridized carbons (Fsp3) is 0.560. The van der Waals surface area contributed by atoms with E-state index < -0.39 is 0 Å². The van der Waals surface area contributed by atoms with Gasteiger partial charge < -0.3 is 20.5 Å². The van der Waals surface area contributed by atoms with Gasteiger partial charge in [-0.2, -0.15) is 0 Å². The van der Waals surface area contributed by atoms with Crippen molar-refractivity contribution in [3.63, 3.8) is 0 Å². The third-order valence-electron chi connectivity index (χ3n) is 5.37. The van der Waals surface area contributed by atoms with E-state index in [1.54, 1.807) is 0 Å². The van der Waals surface area contributed by atoms with E-state index in [0.717, 1.165) is 50.5 Å². The van der Waals surface area contributed by atoms with Gasteiger partial charge in [-0.1, -0.05) is 69.9 Å². The van der Waals surface area contributed by atoms with Crippen LogP contribution in [0, 0.1) is 11.6 Å². The van der Waals surface area contributed by atoms with Gasteiger partial charge >= 0.3 is 0 Å². The third-order valence-corrected chi connectivity index (χ3v) is 5.67. The maximum absolute atomic E-state index is 12.7. The topological polar surface area (TPSA) is 73.1 Å². The average Bonchev–Trinajstić information content (AvgIpc) is 2.78. The molecule has 32 heavy (non-hydrogen) atoms. The van der Waals surface area contributed by atoms with Crippen LogP contribution >= 0.6 is 12.2 Å². The summed E-state index contributed by atoms with van der Waals surface area (Å²) < 4.78 is 0.412. The van der Waals surface area contributed by atoms with Crippen LogP contribution in [0.5, 0.6) is 0 Å². The lowest BCUT2D eigenvalue weighted by atomic mass is 10.1. The minimum absolute atomic E-state index is 0.0345. The highest BCUT2D eigenvalue weighted by atomic mass is 32.1. The molecular weight excluding hydrogens is 418 g/mol. The van der Waals surface area contributed by atoms with Gasteiger partial charge in [0.1, 0.15) is 17.3 Å². The zero-order valence-corrected chi connectivity index (χ0v) is 20.7. The van der Waals surface area contributed by atoms with Crippen molar-refractivity contribution in [3.05, 3.63) is 40.8 Å². The van der Waals surface area contributed by atoms with Crippen LogP contribution in [0.1, 0.15) is 71.0 Å². The molecule has 2 aromatic rings. The van der Waals surface area contributed by atoms with E-state index in [2.05, 4.69) is 63.6 Å². The number of unbranched alkanes of at least 4 members (excludes halogenated alkanes) is 4. The number of carbonyl (C=O) groups excluding carboxylic acids is 1. The van der Waals surface area contributed by atoms with Gasteiger partial charge in [0.05, 0.1) is 0 Å². The number of rotatable bonds is 15. The highest BCUT2D eigenvalue weighted by Gasteiger charge is 2.12. The van der Waals surface area contributed by atoms with Crippen molar-refractivity contribution in [2.75, 3.05) is 35.2 Å². The lowest BCUT2D eigenvalue weighted by Crippen LogP contribution is -2.26. The zero-order valence-electron chi connectivity index (χ0n) is 19.9. The second-order valence-electron chi connectivity index (χ2n) is 8.19. The van der Waals surface area contributed by atoms with Crippen molar-refractivity contribution in [3.8, 4) is 0 Å². The third kappa shape index (κ3) is 8.99. The predicted octanol–water partition coefficient (Wildman–Crippen LogP) is 6.47. The molecule has 0 saturated carbocycles. The number of anilines is 3. The van der Waals surface area contributed by atoms with Gasteiger partial charge in [-0.15, -0.1) is 0 Å². The van der Waals surface area contributed by atoms with Crippen LogP contribution in [0.3, 0.4) is 0 Å². The molecule has 0 saturated heterocycles. The van der Waals surface area contributed by atoms with Gasteiger partial charge in [0, 0.05) is 31.7 Å². The maximum Gasteiger partial charge on any atom is 0.224 e. The fourth-order valence-electron chi connectivity index (χ4n) is 3.60. The van der Waals surface area contributed by atoms with Gasteiger partial charge in [0.25, 0.3) is 0 Å². The van der Waals surface area contributed by atoms with E-state index in [-0.39, 0.29) is 5.91 Å². The van der Waals surface area contributed by atoms with E-state index in [4.69, 9.17) is 12.2 Å². The van der Waals surface area contributed by atoms with E-state index in [1.807, 2.05) is 13.0 Å². The van der Waals surface area contributed by atoms with Crippen LogP contribution in [0.4, 0.5) is 17.2 Å². The average molecular weight is 458 g/mol. The number of amides is 1. The second kappa shape index (κ2) is 14.6. The Kier molecular flexibility index (Phi) is 11.8. The summed E-state index contributed by atoms with van der Waals surface area (Å²) in [6, 6.07) is 10.5. The normalized spacial score (nSPS) is 10.7. The van der Waals surface area contributed by atoms with Gasteiger partial charge in [-0.25, -0.2) is 4.98 Å². The predicted molar refractivity (Wildman–Crippen MR) is 138 cm³/mol. The van der Waals surface area contributed by atoms with Crippen molar-refractivity contribution in [2.24, 2.45) is 0 Å². The van der Waals surface area contributed by atoms with Gasteiger partial charge in [0.2, 0.25) is 5.91 Å². The Hall–Kier alpha value is -2.41. The first kappa shape index (κ1) is 25.8. The number of aryl methyl sites for hydroxylation is 1. The van der Waals surface area contributed by atoms with Gasteiger partial charge in [-0.3, -0.25) is 4.79 Å². The second-order valence-corrected chi connectivity index (χ2v) is 8.58. The molecule has 0 aliphatic heterocycles. The number of aromatic nitrogens is 2. The minimum Gasteiger partial charge on any atom is -0.372 e. The van der Waals surface area contributed by atoms with Crippen LogP contribution in [0.15, 0.2) is 30.3 Å². The van der Waals surface area contributed by atoms with Crippen LogP contribution in [-0.2, 0) is 4.79 Å². The van der Waals surface area contributed by atoms with E-state index in [1.165, 1.54) is 31.4 Å². The molecule has 0 radical (unpaired) electrons. The molecule has 176 valence electrons. The van der Waals surface area contributed by atoms with Crippen LogP contribution in [-0.4, -0.2) is 35.5 Å². The molecule has 0 bridgehead atoms. The molecule has 0 atom stereocenters. The van der Waals surface area contributed by atoms with Crippen molar-refractivity contribution < 1.29 is 4.79 Å².